The van der Waals surface area contributed by atoms with E-state index in [1.807, 2.05) is 6.92 Å². The average Bonchev–Trinajstić information content (AvgIpc) is 3.44. The van der Waals surface area contributed by atoms with Gasteiger partial charge in [-0.15, -0.1) is 0 Å². The van der Waals surface area contributed by atoms with E-state index in [4.69, 9.17) is 9.26 Å². The van der Waals surface area contributed by atoms with E-state index < -0.39 is 0 Å². The number of hydrogen-bond donors (Lipinski definition) is 0. The van der Waals surface area contributed by atoms with Gasteiger partial charge in [0.15, 0.2) is 5.82 Å². The maximum Gasteiger partial charge on any atom is 0.236 e. The molecule has 2 atom stereocenters. The van der Waals surface area contributed by atoms with Gasteiger partial charge in [0.1, 0.15) is 0 Å². The number of likely N-dealkylation sites (tertiary alicyclic amines) is 2. The van der Waals surface area contributed by atoms with Crippen LogP contribution < -0.4 is 0 Å². The molecular formula is C20H30N4O3. The third-order valence-electron chi connectivity index (χ3n) is 7.31. The highest BCUT2D eigenvalue weighted by Crippen LogP contribution is 2.46. The molecule has 1 aromatic heterocycles. The molecule has 5 rings (SSSR count). The molecule has 0 bridgehead atoms. The van der Waals surface area contributed by atoms with Crippen LogP contribution in [-0.2, 0) is 14.9 Å². The fraction of sp³-hybridized carbons (Fsp3) is 0.850. The Hall–Kier alpha value is -1.47. The summed E-state index contributed by atoms with van der Waals surface area (Å²) in [5.74, 6) is 2.39. The molecule has 1 saturated carbocycles. The van der Waals surface area contributed by atoms with Gasteiger partial charge in [-0.2, -0.15) is 4.98 Å². The average molecular weight is 374 g/mol. The first-order valence-electron chi connectivity index (χ1n) is 10.6. The molecule has 148 valence electrons. The normalized spacial score (nSPS) is 33.1. The summed E-state index contributed by atoms with van der Waals surface area (Å²) in [6.07, 6.45) is 6.69. The van der Waals surface area contributed by atoms with Crippen LogP contribution in [-0.4, -0.2) is 71.3 Å². The minimum Gasteiger partial charge on any atom is -0.381 e. The molecule has 1 aromatic rings. The van der Waals surface area contributed by atoms with Crippen LogP contribution in [0.5, 0.6) is 0 Å². The number of nitrogens with zero attached hydrogens (tertiary/aromatic N) is 4. The Balaban J connectivity index is 1.39. The number of fused-ring (bicyclic) bond motifs is 1. The molecule has 0 radical (unpaired) electrons. The summed E-state index contributed by atoms with van der Waals surface area (Å²) >= 11 is 0. The van der Waals surface area contributed by atoms with Crippen molar-refractivity contribution >= 4 is 5.91 Å². The Morgan fingerprint density at radius 3 is 2.59 bits per heavy atom. The number of carbonyl (C=O) groups excluding carboxylic acids is 1. The summed E-state index contributed by atoms with van der Waals surface area (Å²) in [6.45, 7) is 7.07. The molecule has 27 heavy (non-hydrogen) atoms. The van der Waals surface area contributed by atoms with E-state index in [-0.39, 0.29) is 11.3 Å². The number of hydrogen-bond acceptors (Lipinski definition) is 6. The minimum absolute atomic E-state index is 0.201. The van der Waals surface area contributed by atoms with Gasteiger partial charge in [0.05, 0.1) is 5.41 Å². The highest BCUT2D eigenvalue weighted by molar-refractivity contribution is 5.79. The molecule has 0 spiro atoms. The van der Waals surface area contributed by atoms with Crippen LogP contribution >= 0.6 is 0 Å². The standard InChI is InChI=1S/C20H30N4O3/c1-14-21-19(27-22-14)20-12-23(17-6-8-26-9-7-17)10-16(20)11-24(13-20)18(25)15-4-2-3-5-15/h15-17H,2-13H2,1H3/t16-,20-/m1/s1. The Labute approximate surface area is 160 Å². The Morgan fingerprint density at radius 2 is 1.89 bits per heavy atom. The predicted molar refractivity (Wildman–Crippen MR) is 98.2 cm³/mol. The molecule has 0 aromatic carbocycles. The first-order chi connectivity index (χ1) is 13.2. The lowest BCUT2D eigenvalue weighted by molar-refractivity contribution is -0.134. The predicted octanol–water partition coefficient (Wildman–Crippen LogP) is 1.76. The third kappa shape index (κ3) is 2.99. The van der Waals surface area contributed by atoms with Crippen molar-refractivity contribution in [3.8, 4) is 0 Å². The lowest BCUT2D eigenvalue weighted by Gasteiger charge is -2.33. The molecular weight excluding hydrogens is 344 g/mol. The molecule has 0 N–H and O–H groups in total. The fourth-order valence-electron chi connectivity index (χ4n) is 5.83. The molecule has 4 fully saturated rings. The van der Waals surface area contributed by atoms with Crippen molar-refractivity contribution in [2.24, 2.45) is 11.8 Å². The Morgan fingerprint density at radius 1 is 1.11 bits per heavy atom. The van der Waals surface area contributed by atoms with Gasteiger partial charge in [-0.25, -0.2) is 0 Å². The first-order valence-corrected chi connectivity index (χ1v) is 10.6. The topological polar surface area (TPSA) is 71.7 Å². The molecule has 4 aliphatic rings. The highest BCUT2D eigenvalue weighted by atomic mass is 16.5. The van der Waals surface area contributed by atoms with Crippen LogP contribution in [0.4, 0.5) is 0 Å². The van der Waals surface area contributed by atoms with Crippen molar-refractivity contribution in [2.45, 2.75) is 56.9 Å². The van der Waals surface area contributed by atoms with Gasteiger partial charge in [0.2, 0.25) is 11.8 Å². The Kier molecular flexibility index (Phi) is 4.47. The summed E-state index contributed by atoms with van der Waals surface area (Å²) in [4.78, 5) is 22.4. The number of ether oxygens (including phenoxy) is 1. The van der Waals surface area contributed by atoms with Crippen molar-refractivity contribution in [2.75, 3.05) is 39.4 Å². The second-order valence-corrected chi connectivity index (χ2v) is 8.97. The summed E-state index contributed by atoms with van der Waals surface area (Å²) < 4.78 is 11.2. The second-order valence-electron chi connectivity index (χ2n) is 8.97. The van der Waals surface area contributed by atoms with E-state index in [1.54, 1.807) is 0 Å². The second kappa shape index (κ2) is 6.85. The monoisotopic (exact) mass is 374 g/mol. The van der Waals surface area contributed by atoms with Gasteiger partial charge in [-0.05, 0) is 32.6 Å². The van der Waals surface area contributed by atoms with Crippen LogP contribution in [0.3, 0.4) is 0 Å². The Bertz CT molecular complexity index is 695. The van der Waals surface area contributed by atoms with Gasteiger partial charge in [0, 0.05) is 57.3 Å². The van der Waals surface area contributed by atoms with Gasteiger partial charge < -0.3 is 14.2 Å². The van der Waals surface area contributed by atoms with Gasteiger partial charge in [-0.1, -0.05) is 18.0 Å². The summed E-state index contributed by atoms with van der Waals surface area (Å²) in [5.41, 5.74) is -0.201. The molecule has 7 nitrogen and oxygen atoms in total. The van der Waals surface area contributed by atoms with Crippen LogP contribution in [0.2, 0.25) is 0 Å². The van der Waals surface area contributed by atoms with E-state index in [0.29, 0.717) is 23.7 Å². The molecule has 1 aliphatic carbocycles. The zero-order valence-corrected chi connectivity index (χ0v) is 16.2. The molecule has 3 saturated heterocycles. The quantitative estimate of drug-likeness (QED) is 0.803. The molecule has 0 unspecified atom stereocenters. The molecule has 4 heterocycles. The molecule has 3 aliphatic heterocycles. The minimum atomic E-state index is -0.201. The lowest BCUT2D eigenvalue weighted by atomic mass is 9.81. The van der Waals surface area contributed by atoms with Crippen LogP contribution in [0, 0.1) is 18.8 Å². The summed E-state index contributed by atoms with van der Waals surface area (Å²) in [7, 11) is 0. The number of aromatic nitrogens is 2. The number of carbonyl (C=O) groups is 1. The van der Waals surface area contributed by atoms with E-state index in [2.05, 4.69) is 19.9 Å². The van der Waals surface area contributed by atoms with E-state index in [0.717, 1.165) is 71.0 Å². The fourth-order valence-corrected chi connectivity index (χ4v) is 5.83. The van der Waals surface area contributed by atoms with Gasteiger partial charge in [0.25, 0.3) is 0 Å². The lowest BCUT2D eigenvalue weighted by Crippen LogP contribution is -2.44. The van der Waals surface area contributed by atoms with Crippen molar-refractivity contribution in [1.29, 1.82) is 0 Å². The number of amides is 1. The van der Waals surface area contributed by atoms with E-state index in [1.165, 1.54) is 12.8 Å². The summed E-state index contributed by atoms with van der Waals surface area (Å²) in [6, 6.07) is 0.573. The van der Waals surface area contributed by atoms with E-state index >= 15 is 0 Å². The SMILES string of the molecule is Cc1noc([C@]23CN(C(=O)C4CCCC4)C[C@H]2CN(C2CCOCC2)C3)n1. The molecule has 1 amide bonds. The third-order valence-corrected chi connectivity index (χ3v) is 7.31. The molecule has 7 heteroatoms. The van der Waals surface area contributed by atoms with Crippen LogP contribution in [0.15, 0.2) is 4.52 Å². The van der Waals surface area contributed by atoms with Crippen molar-refractivity contribution in [3.63, 3.8) is 0 Å². The van der Waals surface area contributed by atoms with Gasteiger partial charge >= 0.3 is 0 Å². The number of aryl methyl sites for hydroxylation is 1. The maximum atomic E-state index is 13.1. The van der Waals surface area contributed by atoms with E-state index in [9.17, 15) is 4.79 Å². The number of rotatable bonds is 3. The van der Waals surface area contributed by atoms with Crippen molar-refractivity contribution in [3.05, 3.63) is 11.7 Å². The van der Waals surface area contributed by atoms with Crippen LogP contribution in [0.25, 0.3) is 0 Å². The van der Waals surface area contributed by atoms with Gasteiger partial charge in [-0.3, -0.25) is 9.69 Å². The zero-order valence-electron chi connectivity index (χ0n) is 16.2. The first kappa shape index (κ1) is 17.6. The van der Waals surface area contributed by atoms with Crippen LogP contribution in [0.1, 0.15) is 50.2 Å². The summed E-state index contributed by atoms with van der Waals surface area (Å²) in [5, 5.41) is 4.07. The van der Waals surface area contributed by atoms with Crippen molar-refractivity contribution < 1.29 is 14.1 Å². The largest absolute Gasteiger partial charge is 0.381 e. The highest BCUT2D eigenvalue weighted by Gasteiger charge is 2.58. The maximum absolute atomic E-state index is 13.1. The smallest absolute Gasteiger partial charge is 0.236 e. The zero-order chi connectivity index (χ0) is 18.4. The van der Waals surface area contributed by atoms with Crippen molar-refractivity contribution in [1.82, 2.24) is 19.9 Å².